The van der Waals surface area contributed by atoms with Crippen LogP contribution in [0.1, 0.15) is 22.3 Å². The molecule has 0 amide bonds. The van der Waals surface area contributed by atoms with Crippen LogP contribution in [0.3, 0.4) is 0 Å². The van der Waals surface area contributed by atoms with Gasteiger partial charge in [-0.25, -0.2) is 0 Å². The van der Waals surface area contributed by atoms with E-state index in [0.717, 1.165) is 11.8 Å². The second kappa shape index (κ2) is 5.90. The van der Waals surface area contributed by atoms with Crippen LogP contribution in [0.25, 0.3) is 0 Å². The van der Waals surface area contributed by atoms with Gasteiger partial charge in [0, 0.05) is 0 Å². The summed E-state index contributed by atoms with van der Waals surface area (Å²) in [6, 6.07) is 5.30. The highest BCUT2D eigenvalue weighted by Crippen LogP contribution is 2.18. The Labute approximate surface area is 94.2 Å². The molecule has 16 heavy (non-hydrogen) atoms. The van der Waals surface area contributed by atoms with Crippen LogP contribution in [0.2, 0.25) is 0 Å². The van der Waals surface area contributed by atoms with Gasteiger partial charge in [0.15, 0.2) is 6.29 Å². The first-order valence-corrected chi connectivity index (χ1v) is 4.93. The number of ether oxygens (including phenoxy) is 2. The molecule has 0 aliphatic carbocycles. The van der Waals surface area contributed by atoms with Gasteiger partial charge < -0.3 is 9.47 Å². The van der Waals surface area contributed by atoms with Gasteiger partial charge in [0.2, 0.25) is 0 Å². The fraction of sp³-hybridized carbons (Fsp3) is 0.333. The number of aldehydes is 1. The molecule has 0 radical (unpaired) electrons. The van der Waals surface area contributed by atoms with Crippen molar-refractivity contribution in [3.05, 3.63) is 29.3 Å². The van der Waals surface area contributed by atoms with Crippen molar-refractivity contribution in [2.45, 2.75) is 13.3 Å². The predicted molar refractivity (Wildman–Crippen MR) is 58.7 cm³/mol. The summed E-state index contributed by atoms with van der Waals surface area (Å²) in [4.78, 5) is 21.6. The Morgan fingerprint density at radius 3 is 2.81 bits per heavy atom. The topological polar surface area (TPSA) is 52.6 Å². The molecule has 0 saturated carbocycles. The van der Waals surface area contributed by atoms with E-state index in [2.05, 4.69) is 4.74 Å². The summed E-state index contributed by atoms with van der Waals surface area (Å²) >= 11 is 0. The fourth-order valence-electron chi connectivity index (χ4n) is 1.24. The van der Waals surface area contributed by atoms with Gasteiger partial charge in [-0.3, -0.25) is 9.59 Å². The van der Waals surface area contributed by atoms with Gasteiger partial charge in [0.1, 0.15) is 5.75 Å². The van der Waals surface area contributed by atoms with Crippen LogP contribution in [-0.4, -0.2) is 26.0 Å². The quantitative estimate of drug-likeness (QED) is 0.562. The molecule has 0 spiro atoms. The average Bonchev–Trinajstić information content (AvgIpc) is 2.30. The van der Waals surface area contributed by atoms with Crippen molar-refractivity contribution in [3.8, 4) is 5.75 Å². The molecule has 0 unspecified atom stereocenters. The van der Waals surface area contributed by atoms with E-state index in [1.807, 2.05) is 13.0 Å². The first-order valence-electron chi connectivity index (χ1n) is 4.93. The molecule has 0 bridgehead atoms. The SMILES string of the molecule is COC(=O)CCOc1ccc(C)cc1C=O. The van der Waals surface area contributed by atoms with Crippen LogP contribution in [0.15, 0.2) is 18.2 Å². The third-order valence-electron chi connectivity index (χ3n) is 2.08. The zero-order chi connectivity index (χ0) is 12.0. The molecule has 1 aromatic rings. The molecule has 0 fully saturated rings. The lowest BCUT2D eigenvalue weighted by Crippen LogP contribution is -2.08. The van der Waals surface area contributed by atoms with Crippen molar-refractivity contribution in [3.63, 3.8) is 0 Å². The van der Waals surface area contributed by atoms with Crippen LogP contribution < -0.4 is 4.74 Å². The van der Waals surface area contributed by atoms with E-state index in [-0.39, 0.29) is 19.0 Å². The molecule has 0 heterocycles. The molecule has 86 valence electrons. The van der Waals surface area contributed by atoms with Crippen molar-refractivity contribution < 1.29 is 19.1 Å². The maximum Gasteiger partial charge on any atom is 0.308 e. The van der Waals surface area contributed by atoms with Gasteiger partial charge in [-0.2, -0.15) is 0 Å². The summed E-state index contributed by atoms with van der Waals surface area (Å²) in [5.74, 6) is 0.157. The van der Waals surface area contributed by atoms with E-state index in [1.165, 1.54) is 7.11 Å². The largest absolute Gasteiger partial charge is 0.492 e. The summed E-state index contributed by atoms with van der Waals surface area (Å²) < 4.78 is 9.80. The number of hydrogen-bond donors (Lipinski definition) is 0. The van der Waals surface area contributed by atoms with E-state index >= 15 is 0 Å². The molecule has 0 N–H and O–H groups in total. The molecule has 4 heteroatoms. The number of rotatable bonds is 5. The zero-order valence-electron chi connectivity index (χ0n) is 9.36. The first kappa shape index (κ1) is 12.2. The standard InChI is InChI=1S/C12H14O4/c1-9-3-4-11(10(7-9)8-13)16-6-5-12(14)15-2/h3-4,7-8H,5-6H2,1-2H3. The van der Waals surface area contributed by atoms with E-state index in [9.17, 15) is 9.59 Å². The highest BCUT2D eigenvalue weighted by atomic mass is 16.5. The van der Waals surface area contributed by atoms with Crippen LogP contribution in [0.5, 0.6) is 5.75 Å². The van der Waals surface area contributed by atoms with Crippen molar-refractivity contribution in [2.24, 2.45) is 0 Å². The van der Waals surface area contributed by atoms with E-state index in [1.54, 1.807) is 12.1 Å². The van der Waals surface area contributed by atoms with Crippen molar-refractivity contribution in [1.82, 2.24) is 0 Å². The minimum atomic E-state index is -0.334. The third-order valence-corrected chi connectivity index (χ3v) is 2.08. The average molecular weight is 222 g/mol. The van der Waals surface area contributed by atoms with Gasteiger partial charge in [-0.15, -0.1) is 0 Å². The molecular formula is C12H14O4. The smallest absolute Gasteiger partial charge is 0.308 e. The van der Waals surface area contributed by atoms with Crippen molar-refractivity contribution in [2.75, 3.05) is 13.7 Å². The zero-order valence-corrected chi connectivity index (χ0v) is 9.36. The van der Waals surface area contributed by atoms with Crippen LogP contribution >= 0.6 is 0 Å². The van der Waals surface area contributed by atoms with E-state index in [0.29, 0.717) is 11.3 Å². The van der Waals surface area contributed by atoms with E-state index in [4.69, 9.17) is 4.74 Å². The molecule has 0 aliphatic rings. The fourth-order valence-corrected chi connectivity index (χ4v) is 1.24. The van der Waals surface area contributed by atoms with Gasteiger partial charge in [0.05, 0.1) is 25.7 Å². The maximum absolute atomic E-state index is 10.8. The molecular weight excluding hydrogens is 208 g/mol. The third kappa shape index (κ3) is 3.38. The number of carbonyl (C=O) groups is 2. The van der Waals surface area contributed by atoms with Crippen LogP contribution in [0.4, 0.5) is 0 Å². The van der Waals surface area contributed by atoms with Crippen LogP contribution in [0, 0.1) is 6.92 Å². The van der Waals surface area contributed by atoms with E-state index < -0.39 is 0 Å². The normalized spacial score (nSPS) is 9.62. The Bertz CT molecular complexity index is 385. The summed E-state index contributed by atoms with van der Waals surface area (Å²) in [5.41, 5.74) is 1.48. The Hall–Kier alpha value is -1.84. The molecule has 0 atom stereocenters. The van der Waals surface area contributed by atoms with Crippen molar-refractivity contribution >= 4 is 12.3 Å². The summed E-state index contributed by atoms with van der Waals surface area (Å²) in [6.45, 7) is 2.10. The predicted octanol–water partition coefficient (Wildman–Crippen LogP) is 1.75. The highest BCUT2D eigenvalue weighted by molar-refractivity contribution is 5.79. The lowest BCUT2D eigenvalue weighted by molar-refractivity contribution is -0.141. The number of methoxy groups -OCH3 is 1. The van der Waals surface area contributed by atoms with Gasteiger partial charge in [0.25, 0.3) is 0 Å². The Balaban J connectivity index is 2.60. The van der Waals surface area contributed by atoms with Gasteiger partial charge in [-0.05, 0) is 19.1 Å². The number of carbonyl (C=O) groups excluding carboxylic acids is 2. The summed E-state index contributed by atoms with van der Waals surface area (Å²) in [7, 11) is 1.32. The number of aryl methyl sites for hydroxylation is 1. The second-order valence-electron chi connectivity index (χ2n) is 3.33. The van der Waals surface area contributed by atoms with Gasteiger partial charge in [-0.1, -0.05) is 11.6 Å². The Morgan fingerprint density at radius 2 is 2.19 bits per heavy atom. The molecule has 1 rings (SSSR count). The lowest BCUT2D eigenvalue weighted by atomic mass is 10.1. The Morgan fingerprint density at radius 1 is 1.44 bits per heavy atom. The second-order valence-corrected chi connectivity index (χ2v) is 3.33. The first-order chi connectivity index (χ1) is 7.67. The molecule has 0 aliphatic heterocycles. The molecule has 1 aromatic carbocycles. The summed E-state index contributed by atoms with van der Waals surface area (Å²) in [5, 5.41) is 0. The minimum absolute atomic E-state index is 0.169. The number of hydrogen-bond acceptors (Lipinski definition) is 4. The molecule has 4 nitrogen and oxygen atoms in total. The number of esters is 1. The Kier molecular flexibility index (Phi) is 4.51. The highest BCUT2D eigenvalue weighted by Gasteiger charge is 2.05. The molecule has 0 saturated heterocycles. The monoisotopic (exact) mass is 222 g/mol. The van der Waals surface area contributed by atoms with Crippen molar-refractivity contribution in [1.29, 1.82) is 0 Å². The maximum atomic E-state index is 10.8. The van der Waals surface area contributed by atoms with Gasteiger partial charge >= 0.3 is 5.97 Å². The minimum Gasteiger partial charge on any atom is -0.492 e. The van der Waals surface area contributed by atoms with Crippen LogP contribution in [-0.2, 0) is 9.53 Å². The lowest BCUT2D eigenvalue weighted by Gasteiger charge is -2.08. The molecule has 0 aromatic heterocycles. The summed E-state index contributed by atoms with van der Waals surface area (Å²) in [6.07, 6.45) is 0.906. The number of benzene rings is 1.